The molecule has 1 fully saturated rings. The molecular formula is C16H23NS. The number of hydrogen-bond acceptors (Lipinski definition) is 2. The molecule has 0 amide bonds. The van der Waals surface area contributed by atoms with Gasteiger partial charge in [0.15, 0.2) is 0 Å². The van der Waals surface area contributed by atoms with Gasteiger partial charge in [0, 0.05) is 22.7 Å². The van der Waals surface area contributed by atoms with Crippen LogP contribution in [0.25, 0.3) is 0 Å². The van der Waals surface area contributed by atoms with Crippen LogP contribution >= 0.6 is 11.8 Å². The summed E-state index contributed by atoms with van der Waals surface area (Å²) in [6.07, 6.45) is 5.54. The average Bonchev–Trinajstić information content (AvgIpc) is 2.98. The van der Waals surface area contributed by atoms with Gasteiger partial charge in [-0.1, -0.05) is 32.0 Å². The SMILES string of the molecule is CC(C)NCC1(CC2Cc3ccccc3S2)CC1. The molecule has 1 aliphatic heterocycles. The first-order valence-corrected chi connectivity index (χ1v) is 8.03. The molecule has 0 saturated heterocycles. The maximum absolute atomic E-state index is 3.63. The minimum Gasteiger partial charge on any atom is -0.314 e. The predicted molar refractivity (Wildman–Crippen MR) is 79.2 cm³/mol. The zero-order chi connectivity index (χ0) is 12.6. The van der Waals surface area contributed by atoms with Crippen molar-refractivity contribution in [2.45, 2.75) is 55.7 Å². The quantitative estimate of drug-likeness (QED) is 0.863. The van der Waals surface area contributed by atoms with Crippen LogP contribution in [0.5, 0.6) is 0 Å². The highest BCUT2D eigenvalue weighted by molar-refractivity contribution is 8.00. The van der Waals surface area contributed by atoms with Crippen LogP contribution < -0.4 is 5.32 Å². The number of rotatable bonds is 5. The first-order chi connectivity index (χ1) is 8.67. The summed E-state index contributed by atoms with van der Waals surface area (Å²) in [6.45, 7) is 5.71. The van der Waals surface area contributed by atoms with Gasteiger partial charge >= 0.3 is 0 Å². The van der Waals surface area contributed by atoms with Crippen LogP contribution in [-0.4, -0.2) is 17.8 Å². The number of fused-ring (bicyclic) bond motifs is 1. The molecule has 0 radical (unpaired) electrons. The van der Waals surface area contributed by atoms with E-state index in [9.17, 15) is 0 Å². The Labute approximate surface area is 115 Å². The van der Waals surface area contributed by atoms with Crippen LogP contribution in [0, 0.1) is 5.41 Å². The van der Waals surface area contributed by atoms with Gasteiger partial charge in [-0.2, -0.15) is 0 Å². The fourth-order valence-electron chi connectivity index (χ4n) is 2.90. The summed E-state index contributed by atoms with van der Waals surface area (Å²) in [7, 11) is 0. The molecule has 1 aromatic carbocycles. The molecule has 1 aromatic rings. The lowest BCUT2D eigenvalue weighted by atomic mass is 9.96. The third kappa shape index (κ3) is 2.75. The van der Waals surface area contributed by atoms with Gasteiger partial charge < -0.3 is 5.32 Å². The van der Waals surface area contributed by atoms with Gasteiger partial charge in [0.2, 0.25) is 0 Å². The largest absolute Gasteiger partial charge is 0.314 e. The van der Waals surface area contributed by atoms with E-state index in [0.29, 0.717) is 11.5 Å². The Morgan fingerprint density at radius 3 is 2.78 bits per heavy atom. The summed E-state index contributed by atoms with van der Waals surface area (Å²) in [5.41, 5.74) is 2.20. The first kappa shape index (κ1) is 12.6. The molecule has 2 heteroatoms. The van der Waals surface area contributed by atoms with Gasteiger partial charge in [0.05, 0.1) is 0 Å². The van der Waals surface area contributed by atoms with E-state index in [1.165, 1.54) is 37.1 Å². The average molecular weight is 261 g/mol. The van der Waals surface area contributed by atoms with E-state index >= 15 is 0 Å². The number of benzene rings is 1. The topological polar surface area (TPSA) is 12.0 Å². The summed E-state index contributed by atoms with van der Waals surface area (Å²) in [5, 5.41) is 4.45. The van der Waals surface area contributed by atoms with Crippen LogP contribution in [0.15, 0.2) is 29.2 Å². The van der Waals surface area contributed by atoms with Crippen LogP contribution in [0.1, 0.15) is 38.7 Å². The molecule has 1 unspecified atom stereocenters. The third-order valence-electron chi connectivity index (χ3n) is 4.22. The Bertz CT molecular complexity index is 398. The molecule has 1 N–H and O–H groups in total. The monoisotopic (exact) mass is 261 g/mol. The van der Waals surface area contributed by atoms with Gasteiger partial charge in [-0.15, -0.1) is 11.8 Å². The highest BCUT2D eigenvalue weighted by atomic mass is 32.2. The van der Waals surface area contributed by atoms with Gasteiger partial charge in [-0.3, -0.25) is 0 Å². The smallest absolute Gasteiger partial charge is 0.0141 e. The summed E-state index contributed by atoms with van der Waals surface area (Å²) in [4.78, 5) is 1.52. The molecule has 0 aromatic heterocycles. The number of hydrogen-bond donors (Lipinski definition) is 1. The molecule has 0 spiro atoms. The zero-order valence-electron chi connectivity index (χ0n) is 11.4. The zero-order valence-corrected chi connectivity index (χ0v) is 12.2. The van der Waals surface area contributed by atoms with Crippen molar-refractivity contribution in [3.05, 3.63) is 29.8 Å². The number of nitrogens with one attached hydrogen (secondary N) is 1. The fourth-order valence-corrected chi connectivity index (χ4v) is 4.42. The van der Waals surface area contributed by atoms with Crippen molar-refractivity contribution >= 4 is 11.8 Å². The molecule has 1 atom stereocenters. The molecule has 2 aliphatic rings. The molecule has 1 nitrogen and oxygen atoms in total. The molecule has 0 bridgehead atoms. The molecule has 18 heavy (non-hydrogen) atoms. The first-order valence-electron chi connectivity index (χ1n) is 7.15. The van der Waals surface area contributed by atoms with E-state index in [1.807, 2.05) is 0 Å². The van der Waals surface area contributed by atoms with Crippen LogP contribution in [0.2, 0.25) is 0 Å². The highest BCUT2D eigenvalue weighted by Gasteiger charge is 2.44. The lowest BCUT2D eigenvalue weighted by molar-refractivity contribution is 0.401. The summed E-state index contributed by atoms with van der Waals surface area (Å²) in [5.74, 6) is 0. The van der Waals surface area contributed by atoms with Crippen molar-refractivity contribution in [2.75, 3.05) is 6.54 Å². The Kier molecular flexibility index (Phi) is 3.42. The second-order valence-corrected chi connectivity index (χ2v) is 7.63. The van der Waals surface area contributed by atoms with Gasteiger partial charge in [0.1, 0.15) is 0 Å². The molecule has 1 heterocycles. The van der Waals surface area contributed by atoms with E-state index in [0.717, 1.165) is 5.25 Å². The normalized spacial score (nSPS) is 24.3. The molecular weight excluding hydrogens is 238 g/mol. The molecule has 1 saturated carbocycles. The van der Waals surface area contributed by atoms with Gasteiger partial charge in [-0.05, 0) is 42.7 Å². The van der Waals surface area contributed by atoms with Crippen molar-refractivity contribution in [2.24, 2.45) is 5.41 Å². The van der Waals surface area contributed by atoms with Crippen molar-refractivity contribution < 1.29 is 0 Å². The Balaban J connectivity index is 1.56. The molecule has 98 valence electrons. The minimum absolute atomic E-state index is 0.621. The molecule has 3 rings (SSSR count). The molecule has 1 aliphatic carbocycles. The fraction of sp³-hybridized carbons (Fsp3) is 0.625. The van der Waals surface area contributed by atoms with E-state index in [4.69, 9.17) is 0 Å². The van der Waals surface area contributed by atoms with E-state index < -0.39 is 0 Å². The van der Waals surface area contributed by atoms with Crippen LogP contribution in [0.3, 0.4) is 0 Å². The second kappa shape index (κ2) is 4.90. The summed E-state index contributed by atoms with van der Waals surface area (Å²) < 4.78 is 0. The minimum atomic E-state index is 0.621. The predicted octanol–water partition coefficient (Wildman–Crippen LogP) is 3.87. The van der Waals surface area contributed by atoms with Gasteiger partial charge in [-0.25, -0.2) is 0 Å². The van der Waals surface area contributed by atoms with E-state index in [2.05, 4.69) is 55.2 Å². The van der Waals surface area contributed by atoms with Crippen molar-refractivity contribution in [1.29, 1.82) is 0 Å². The van der Waals surface area contributed by atoms with Crippen molar-refractivity contribution in [3.8, 4) is 0 Å². The third-order valence-corrected chi connectivity index (χ3v) is 5.54. The summed E-state index contributed by atoms with van der Waals surface area (Å²) >= 11 is 2.11. The highest BCUT2D eigenvalue weighted by Crippen LogP contribution is 2.53. The number of thioether (sulfide) groups is 1. The maximum atomic E-state index is 3.63. The maximum Gasteiger partial charge on any atom is 0.0141 e. The van der Waals surface area contributed by atoms with E-state index in [1.54, 1.807) is 5.56 Å². The lowest BCUT2D eigenvalue weighted by Crippen LogP contribution is -2.31. The Morgan fingerprint density at radius 1 is 1.33 bits per heavy atom. The second-order valence-electron chi connectivity index (χ2n) is 6.29. The van der Waals surface area contributed by atoms with Crippen LogP contribution in [0.4, 0.5) is 0 Å². The van der Waals surface area contributed by atoms with E-state index in [-0.39, 0.29) is 0 Å². The van der Waals surface area contributed by atoms with Crippen LogP contribution in [-0.2, 0) is 6.42 Å². The van der Waals surface area contributed by atoms with Crippen molar-refractivity contribution in [3.63, 3.8) is 0 Å². The van der Waals surface area contributed by atoms with Gasteiger partial charge in [0.25, 0.3) is 0 Å². The Hall–Kier alpha value is -0.470. The Morgan fingerprint density at radius 2 is 2.11 bits per heavy atom. The van der Waals surface area contributed by atoms with Crippen molar-refractivity contribution in [1.82, 2.24) is 5.32 Å². The lowest BCUT2D eigenvalue weighted by Gasteiger charge is -2.21. The summed E-state index contributed by atoms with van der Waals surface area (Å²) in [6, 6.07) is 9.55. The standard InChI is InChI=1S/C16H23NS/c1-12(2)17-11-16(7-8-16)10-14-9-13-5-3-4-6-15(13)18-14/h3-6,12,14,17H,7-11H2,1-2H3.